The maximum atomic E-state index is 13.5. The zero-order valence-corrected chi connectivity index (χ0v) is 15.7. The molecule has 26 heavy (non-hydrogen) atoms. The molecule has 2 N–H and O–H groups in total. The van der Waals surface area contributed by atoms with E-state index in [1.807, 2.05) is 0 Å². The predicted octanol–water partition coefficient (Wildman–Crippen LogP) is 3.70. The molecule has 1 aromatic carbocycles. The molecule has 0 bridgehead atoms. The standard InChI is InChI=1S/C16H20ClF3N2O3S/c1-2-15(23)22(13-5-3-4-6-14(13)26(21,24)25)12-8-7-10(17)9-11(12)16(18,19)20/h7-9,13-14H,2-6H2,1H3,(H2,21,24,25). The normalized spacial score (nSPS) is 21.5. The van der Waals surface area contributed by atoms with Gasteiger partial charge in [0.15, 0.2) is 0 Å². The molecule has 10 heteroatoms. The molecular weight excluding hydrogens is 393 g/mol. The molecule has 1 aliphatic rings. The SMILES string of the molecule is CCC(=O)N(c1ccc(Cl)cc1C(F)(F)F)C1CCCCC1S(N)(=O)=O. The van der Waals surface area contributed by atoms with Crippen LogP contribution in [0.5, 0.6) is 0 Å². The van der Waals surface area contributed by atoms with Gasteiger partial charge in [0.1, 0.15) is 0 Å². The van der Waals surface area contributed by atoms with E-state index in [0.717, 1.165) is 17.0 Å². The van der Waals surface area contributed by atoms with Crippen LogP contribution in [0.3, 0.4) is 0 Å². The topological polar surface area (TPSA) is 80.5 Å². The van der Waals surface area contributed by atoms with Crippen LogP contribution in [0.4, 0.5) is 18.9 Å². The lowest BCUT2D eigenvalue weighted by atomic mass is 9.92. The second-order valence-corrected chi connectivity index (χ2v) is 8.48. The summed E-state index contributed by atoms with van der Waals surface area (Å²) in [6.45, 7) is 1.51. The average molecular weight is 413 g/mol. The molecule has 0 aliphatic heterocycles. The molecule has 0 aromatic heterocycles. The third-order valence-corrected chi connectivity index (χ3v) is 6.14. The van der Waals surface area contributed by atoms with Crippen molar-refractivity contribution in [2.45, 2.75) is 56.5 Å². The van der Waals surface area contributed by atoms with Crippen molar-refractivity contribution in [1.82, 2.24) is 0 Å². The fraction of sp³-hybridized carbons (Fsp3) is 0.562. The smallest absolute Gasteiger partial charge is 0.307 e. The van der Waals surface area contributed by atoms with Crippen LogP contribution in [0.15, 0.2) is 18.2 Å². The summed E-state index contributed by atoms with van der Waals surface area (Å²) in [5, 5.41) is 4.06. The number of carbonyl (C=O) groups excluding carboxylic acids is 1. The highest BCUT2D eigenvalue weighted by Gasteiger charge is 2.43. The van der Waals surface area contributed by atoms with Crippen LogP contribution in [0, 0.1) is 0 Å². The van der Waals surface area contributed by atoms with Crippen LogP contribution < -0.4 is 10.0 Å². The molecule has 146 valence electrons. The number of hydrogen-bond donors (Lipinski definition) is 1. The van der Waals surface area contributed by atoms with Gasteiger partial charge >= 0.3 is 6.18 Å². The van der Waals surface area contributed by atoms with E-state index in [1.165, 1.54) is 13.0 Å². The molecule has 0 saturated heterocycles. The lowest BCUT2D eigenvalue weighted by molar-refractivity contribution is -0.137. The molecule has 2 unspecified atom stereocenters. The van der Waals surface area contributed by atoms with Crippen molar-refractivity contribution in [3.05, 3.63) is 28.8 Å². The van der Waals surface area contributed by atoms with Crippen molar-refractivity contribution in [3.63, 3.8) is 0 Å². The number of hydrogen-bond acceptors (Lipinski definition) is 3. The van der Waals surface area contributed by atoms with Gasteiger partial charge < -0.3 is 4.90 Å². The predicted molar refractivity (Wildman–Crippen MR) is 93.4 cm³/mol. The number of nitrogens with zero attached hydrogens (tertiary/aromatic N) is 1. The van der Waals surface area contributed by atoms with Gasteiger partial charge in [0.2, 0.25) is 15.9 Å². The molecule has 1 aliphatic carbocycles. The third-order valence-electron chi connectivity index (χ3n) is 4.52. The highest BCUT2D eigenvalue weighted by atomic mass is 35.5. The van der Waals surface area contributed by atoms with Crippen LogP contribution in [-0.4, -0.2) is 25.6 Å². The van der Waals surface area contributed by atoms with Crippen LogP contribution in [-0.2, 0) is 21.0 Å². The highest BCUT2D eigenvalue weighted by molar-refractivity contribution is 7.89. The summed E-state index contributed by atoms with van der Waals surface area (Å²) in [5.41, 5.74) is -1.47. The average Bonchev–Trinajstić information content (AvgIpc) is 2.54. The Hall–Kier alpha value is -1.32. The van der Waals surface area contributed by atoms with E-state index >= 15 is 0 Å². The molecule has 1 fully saturated rings. The fourth-order valence-corrected chi connectivity index (χ4v) is 4.73. The zero-order chi connectivity index (χ0) is 19.7. The quantitative estimate of drug-likeness (QED) is 0.818. The van der Waals surface area contributed by atoms with Crippen molar-refractivity contribution in [3.8, 4) is 0 Å². The van der Waals surface area contributed by atoms with Crippen molar-refractivity contribution in [2.75, 3.05) is 4.90 Å². The molecule has 1 saturated carbocycles. The summed E-state index contributed by atoms with van der Waals surface area (Å²) < 4.78 is 64.5. The summed E-state index contributed by atoms with van der Waals surface area (Å²) in [7, 11) is -4.03. The van der Waals surface area contributed by atoms with Crippen LogP contribution in [0.2, 0.25) is 5.02 Å². The Labute approximate surface area is 155 Å². The monoisotopic (exact) mass is 412 g/mol. The first-order valence-corrected chi connectivity index (χ1v) is 10.2. The van der Waals surface area contributed by atoms with Crippen LogP contribution in [0.25, 0.3) is 0 Å². The Morgan fingerprint density at radius 2 is 1.92 bits per heavy atom. The lowest BCUT2D eigenvalue weighted by Gasteiger charge is -2.39. The fourth-order valence-electron chi connectivity index (χ4n) is 3.37. The number of sulfonamides is 1. The minimum atomic E-state index is -4.75. The lowest BCUT2D eigenvalue weighted by Crippen LogP contribution is -2.53. The molecule has 2 rings (SSSR count). The Bertz CT molecular complexity index is 783. The number of nitrogens with two attached hydrogens (primary N) is 1. The largest absolute Gasteiger partial charge is 0.418 e. The Morgan fingerprint density at radius 3 is 2.46 bits per heavy atom. The summed E-state index contributed by atoms with van der Waals surface area (Å²) in [6.07, 6.45) is -3.19. The molecule has 0 heterocycles. The maximum Gasteiger partial charge on any atom is 0.418 e. The Kier molecular flexibility index (Phi) is 6.24. The van der Waals surface area contributed by atoms with Gasteiger partial charge in [0.25, 0.3) is 0 Å². The molecule has 0 spiro atoms. The zero-order valence-electron chi connectivity index (χ0n) is 14.1. The van der Waals surface area contributed by atoms with Crippen molar-refractivity contribution < 1.29 is 26.4 Å². The number of halogens is 4. The van der Waals surface area contributed by atoms with Gasteiger partial charge in [-0.25, -0.2) is 13.6 Å². The van der Waals surface area contributed by atoms with E-state index in [9.17, 15) is 26.4 Å². The van der Waals surface area contributed by atoms with Crippen LogP contribution >= 0.6 is 11.6 Å². The number of carbonyl (C=O) groups is 1. The summed E-state index contributed by atoms with van der Waals surface area (Å²) in [4.78, 5) is 13.5. The maximum absolute atomic E-state index is 13.5. The molecule has 2 atom stereocenters. The second-order valence-electron chi connectivity index (χ2n) is 6.26. The van der Waals surface area contributed by atoms with E-state index < -0.39 is 44.6 Å². The first-order valence-electron chi connectivity index (χ1n) is 8.17. The van der Waals surface area contributed by atoms with Gasteiger partial charge in [0, 0.05) is 11.4 Å². The van der Waals surface area contributed by atoms with Crippen molar-refractivity contribution >= 4 is 33.2 Å². The molecule has 5 nitrogen and oxygen atoms in total. The first kappa shape index (κ1) is 21.0. The number of rotatable bonds is 4. The number of amides is 1. The van der Waals surface area contributed by atoms with E-state index in [2.05, 4.69) is 0 Å². The van der Waals surface area contributed by atoms with E-state index in [4.69, 9.17) is 16.7 Å². The van der Waals surface area contributed by atoms with E-state index in [0.29, 0.717) is 12.8 Å². The molecule has 1 aromatic rings. The molecule has 0 radical (unpaired) electrons. The Balaban J connectivity index is 2.64. The third kappa shape index (κ3) is 4.50. The number of anilines is 1. The Morgan fingerprint density at radius 1 is 1.31 bits per heavy atom. The van der Waals surface area contributed by atoms with Gasteiger partial charge in [-0.3, -0.25) is 4.79 Å². The molecular formula is C16H20ClF3N2O3S. The van der Waals surface area contributed by atoms with Gasteiger partial charge in [-0.1, -0.05) is 31.4 Å². The van der Waals surface area contributed by atoms with Gasteiger partial charge in [0.05, 0.1) is 22.5 Å². The van der Waals surface area contributed by atoms with Gasteiger partial charge in [-0.05, 0) is 31.0 Å². The van der Waals surface area contributed by atoms with Crippen molar-refractivity contribution in [1.29, 1.82) is 0 Å². The second kappa shape index (κ2) is 7.74. The number of benzene rings is 1. The van der Waals surface area contributed by atoms with Crippen LogP contribution in [0.1, 0.15) is 44.6 Å². The summed E-state index contributed by atoms with van der Waals surface area (Å²) in [5.74, 6) is -0.599. The van der Waals surface area contributed by atoms with Gasteiger partial charge in [-0.15, -0.1) is 0 Å². The highest BCUT2D eigenvalue weighted by Crippen LogP contribution is 2.41. The van der Waals surface area contributed by atoms with E-state index in [1.54, 1.807) is 0 Å². The minimum Gasteiger partial charge on any atom is -0.307 e. The minimum absolute atomic E-state index is 0.0756. The first-order chi connectivity index (χ1) is 12.0. The molecule has 1 amide bonds. The number of alkyl halides is 3. The summed E-state index contributed by atoms with van der Waals surface area (Å²) >= 11 is 5.71. The summed E-state index contributed by atoms with van der Waals surface area (Å²) in [6, 6.07) is 2.14. The van der Waals surface area contributed by atoms with Gasteiger partial charge in [-0.2, -0.15) is 13.2 Å². The van der Waals surface area contributed by atoms with E-state index in [-0.39, 0.29) is 24.3 Å². The van der Waals surface area contributed by atoms with Crippen molar-refractivity contribution in [2.24, 2.45) is 5.14 Å². The number of primary sulfonamides is 1.